The average molecular weight is 670 g/mol. The van der Waals surface area contributed by atoms with Gasteiger partial charge in [-0.15, -0.1) is 0 Å². The highest BCUT2D eigenvalue weighted by Crippen LogP contribution is 2.78. The first-order valence-corrected chi connectivity index (χ1v) is 18.5. The first-order chi connectivity index (χ1) is 23.5. The van der Waals surface area contributed by atoms with Gasteiger partial charge in [-0.3, -0.25) is 9.69 Å². The predicted molar refractivity (Wildman–Crippen MR) is 191 cm³/mol. The van der Waals surface area contributed by atoms with E-state index in [2.05, 4.69) is 49.1 Å². The van der Waals surface area contributed by atoms with Crippen LogP contribution in [0.3, 0.4) is 0 Å². The molecule has 49 heavy (non-hydrogen) atoms. The Labute approximate surface area is 291 Å². The van der Waals surface area contributed by atoms with Crippen molar-refractivity contribution < 1.29 is 30.0 Å². The fraction of sp³-hybridized carbons (Fsp3) is 0.595. The Morgan fingerprint density at radius 1 is 0.939 bits per heavy atom. The molecule has 2 aromatic rings. The second-order valence-electron chi connectivity index (χ2n) is 16.5. The molecule has 3 saturated carbocycles. The molecule has 264 valence electrons. The van der Waals surface area contributed by atoms with Gasteiger partial charge in [-0.05, 0) is 79.7 Å². The third kappa shape index (κ3) is 5.34. The summed E-state index contributed by atoms with van der Waals surface area (Å²) in [6.45, 7) is 6.23. The molecular weight excluding hydrogens is 614 g/mol. The van der Waals surface area contributed by atoms with Crippen LogP contribution in [-0.4, -0.2) is 88.9 Å². The van der Waals surface area contributed by atoms with Crippen LogP contribution in [0.5, 0.6) is 0 Å². The standard InChI is InChI=1S/C42H55NO6/c1-38-17-14-32(45)24-40(38)20-21-42(34(25-40)37(47)31-12-10-30(11-13-31)29-8-5-4-6-9-29)35(38)15-18-39(2)36(42)16-19-41(39,48)28-43(22-7-23-49-3)26-33(46)27-44/h4-6,8-13,20-21,25,32-33,35-36,44-46,48H,7,14-19,22-24,26-28H2,1-3H3. The molecule has 6 aliphatic carbocycles. The minimum atomic E-state index is -1.03. The van der Waals surface area contributed by atoms with Crippen molar-refractivity contribution in [3.05, 3.63) is 84.0 Å². The van der Waals surface area contributed by atoms with E-state index in [0.717, 1.165) is 55.2 Å². The summed E-state index contributed by atoms with van der Waals surface area (Å²) in [5.41, 5.74) is 1.20. The normalized spacial score (nSPS) is 38.1. The van der Waals surface area contributed by atoms with Gasteiger partial charge < -0.3 is 25.2 Å². The van der Waals surface area contributed by atoms with Gasteiger partial charge in [-0.2, -0.15) is 0 Å². The summed E-state index contributed by atoms with van der Waals surface area (Å²) in [4.78, 5) is 17.1. The Bertz CT molecular complexity index is 1590. The molecular formula is C42H55NO6. The zero-order chi connectivity index (χ0) is 34.7. The van der Waals surface area contributed by atoms with E-state index in [9.17, 15) is 25.2 Å². The van der Waals surface area contributed by atoms with Crippen LogP contribution < -0.4 is 0 Å². The van der Waals surface area contributed by atoms with Crippen LogP contribution in [-0.2, 0) is 4.74 Å². The molecule has 8 rings (SSSR count). The highest BCUT2D eigenvalue weighted by molar-refractivity contribution is 6.10. The van der Waals surface area contributed by atoms with Gasteiger partial charge in [-0.25, -0.2) is 0 Å². The van der Waals surface area contributed by atoms with Crippen LogP contribution >= 0.6 is 0 Å². The number of fused-ring (bicyclic) bond motifs is 1. The molecule has 2 spiro atoms. The van der Waals surface area contributed by atoms with Gasteiger partial charge in [0, 0.05) is 60.7 Å². The first-order valence-electron chi connectivity index (χ1n) is 18.5. The van der Waals surface area contributed by atoms with Crippen LogP contribution in [0.25, 0.3) is 11.1 Å². The number of rotatable bonds is 12. The van der Waals surface area contributed by atoms with Crippen LogP contribution in [0.4, 0.5) is 0 Å². The maximum absolute atomic E-state index is 15.0. The van der Waals surface area contributed by atoms with E-state index < -0.39 is 28.6 Å². The molecule has 0 amide bonds. The second kappa shape index (κ2) is 12.8. The Morgan fingerprint density at radius 2 is 1.61 bits per heavy atom. The molecule has 6 aliphatic rings. The van der Waals surface area contributed by atoms with E-state index in [1.807, 2.05) is 42.5 Å². The molecule has 2 bridgehead atoms. The number of ketones is 1. The monoisotopic (exact) mass is 669 g/mol. The van der Waals surface area contributed by atoms with Crippen molar-refractivity contribution in [1.29, 1.82) is 0 Å². The molecule has 0 radical (unpaired) electrons. The molecule has 2 aromatic carbocycles. The molecule has 0 heterocycles. The van der Waals surface area contributed by atoms with Crippen LogP contribution in [0.1, 0.15) is 75.6 Å². The third-order valence-corrected chi connectivity index (χ3v) is 14.2. The van der Waals surface area contributed by atoms with Crippen LogP contribution in [0, 0.1) is 33.5 Å². The molecule has 0 saturated heterocycles. The smallest absolute Gasteiger partial charge is 0.189 e. The Kier molecular flexibility index (Phi) is 9.11. The second-order valence-corrected chi connectivity index (χ2v) is 16.5. The lowest BCUT2D eigenvalue weighted by Gasteiger charge is -2.71. The number of hydrogen-bond donors (Lipinski definition) is 4. The molecule has 9 atom stereocenters. The summed E-state index contributed by atoms with van der Waals surface area (Å²) >= 11 is 0. The summed E-state index contributed by atoms with van der Waals surface area (Å²) in [5, 5.41) is 43.9. The van der Waals surface area contributed by atoms with Gasteiger partial charge in [0.2, 0.25) is 0 Å². The van der Waals surface area contributed by atoms with Gasteiger partial charge in [0.25, 0.3) is 0 Å². The Morgan fingerprint density at radius 3 is 2.33 bits per heavy atom. The van der Waals surface area contributed by atoms with Crippen molar-refractivity contribution in [3.8, 4) is 11.1 Å². The van der Waals surface area contributed by atoms with E-state index in [1.165, 1.54) is 0 Å². The van der Waals surface area contributed by atoms with E-state index in [-0.39, 0.29) is 41.6 Å². The number of Topliss-reactive ketones (excluding diaryl/α,β-unsaturated/α-hetero) is 1. The summed E-state index contributed by atoms with van der Waals surface area (Å²) < 4.78 is 5.31. The number of methoxy groups -OCH3 is 1. The molecule has 7 heteroatoms. The number of aliphatic hydroxyl groups is 4. The number of aliphatic hydroxyl groups excluding tert-OH is 3. The van der Waals surface area contributed by atoms with Gasteiger partial charge in [-0.1, -0.05) is 86.7 Å². The van der Waals surface area contributed by atoms with Crippen molar-refractivity contribution in [2.45, 2.75) is 83.0 Å². The number of carbonyl (C=O) groups excluding carboxylic acids is 1. The zero-order valence-electron chi connectivity index (χ0n) is 29.5. The lowest BCUT2D eigenvalue weighted by Crippen LogP contribution is -2.67. The largest absolute Gasteiger partial charge is 0.394 e. The van der Waals surface area contributed by atoms with Crippen molar-refractivity contribution in [1.82, 2.24) is 4.90 Å². The van der Waals surface area contributed by atoms with Gasteiger partial charge in [0.15, 0.2) is 5.78 Å². The quantitative estimate of drug-likeness (QED) is 0.128. The summed E-state index contributed by atoms with van der Waals surface area (Å²) in [7, 11) is 1.68. The lowest BCUT2D eigenvalue weighted by molar-refractivity contribution is -0.177. The van der Waals surface area contributed by atoms with E-state index >= 15 is 0 Å². The number of hydrogen-bond acceptors (Lipinski definition) is 7. The molecule has 4 N–H and O–H groups in total. The average Bonchev–Trinajstić information content (AvgIpc) is 3.38. The Balaban J connectivity index is 1.28. The minimum absolute atomic E-state index is 0.0457. The van der Waals surface area contributed by atoms with E-state index in [1.54, 1.807) is 7.11 Å². The maximum Gasteiger partial charge on any atom is 0.189 e. The summed E-state index contributed by atoms with van der Waals surface area (Å²) in [6.07, 6.45) is 11.9. The van der Waals surface area contributed by atoms with E-state index in [4.69, 9.17) is 4.74 Å². The third-order valence-electron chi connectivity index (χ3n) is 14.2. The van der Waals surface area contributed by atoms with Gasteiger partial charge >= 0.3 is 0 Å². The molecule has 0 aliphatic heterocycles. The zero-order valence-corrected chi connectivity index (χ0v) is 29.5. The predicted octanol–water partition coefficient (Wildman–Crippen LogP) is 5.82. The van der Waals surface area contributed by atoms with Crippen molar-refractivity contribution in [3.63, 3.8) is 0 Å². The summed E-state index contributed by atoms with van der Waals surface area (Å²) in [5.74, 6) is 0.325. The van der Waals surface area contributed by atoms with Crippen LogP contribution in [0.15, 0.2) is 78.4 Å². The Hall–Kier alpha value is -2.65. The number of ether oxygens (including phenoxy) is 1. The molecule has 7 nitrogen and oxygen atoms in total. The fourth-order valence-corrected chi connectivity index (χ4v) is 11.6. The molecule has 9 unspecified atom stereocenters. The minimum Gasteiger partial charge on any atom is -0.394 e. The van der Waals surface area contributed by atoms with Crippen molar-refractivity contribution >= 4 is 5.78 Å². The maximum atomic E-state index is 15.0. The van der Waals surface area contributed by atoms with Gasteiger partial charge in [0.1, 0.15) is 0 Å². The number of allylic oxidation sites excluding steroid dienone is 4. The van der Waals surface area contributed by atoms with Crippen LogP contribution in [0.2, 0.25) is 0 Å². The SMILES string of the molecule is COCCCN(CC(O)CO)CC1(O)CCC2C34C=CC5(C=C3C(=O)c3ccc(-c6ccccc6)cc3)CC(O)CCC5(C)C4CCC21C. The molecule has 0 aromatic heterocycles. The first kappa shape index (κ1) is 34.8. The number of carbonyl (C=O) groups is 1. The molecule has 3 fully saturated rings. The lowest BCUT2D eigenvalue weighted by atomic mass is 9.32. The summed E-state index contributed by atoms with van der Waals surface area (Å²) in [6, 6.07) is 18.2. The van der Waals surface area contributed by atoms with Crippen molar-refractivity contribution in [2.24, 2.45) is 33.5 Å². The number of benzene rings is 2. The fourth-order valence-electron chi connectivity index (χ4n) is 11.6. The number of nitrogens with zero attached hydrogens (tertiary/aromatic N) is 1. The van der Waals surface area contributed by atoms with Crippen molar-refractivity contribution in [2.75, 3.05) is 40.0 Å². The van der Waals surface area contributed by atoms with E-state index in [0.29, 0.717) is 38.1 Å². The highest BCUT2D eigenvalue weighted by Gasteiger charge is 2.74. The highest BCUT2D eigenvalue weighted by atomic mass is 16.5. The van der Waals surface area contributed by atoms with Gasteiger partial charge in [0.05, 0.1) is 24.4 Å². The topological polar surface area (TPSA) is 110 Å².